The first-order valence-electron chi connectivity index (χ1n) is 8.88. The molecular weight excluding hydrogens is 408 g/mol. The summed E-state index contributed by atoms with van der Waals surface area (Å²) < 4.78 is 2.28. The third kappa shape index (κ3) is 4.17. The highest BCUT2D eigenvalue weighted by atomic mass is 32.1. The molecule has 0 saturated heterocycles. The highest BCUT2D eigenvalue weighted by Gasteiger charge is 2.10. The summed E-state index contributed by atoms with van der Waals surface area (Å²) in [4.78, 5) is 22.8. The first-order valence-corrected chi connectivity index (χ1v) is 10.6. The molecule has 4 aromatic rings. The third-order valence-electron chi connectivity index (χ3n) is 4.37. The maximum atomic E-state index is 10.5. The molecule has 2 N–H and O–H groups in total. The molecule has 0 atom stereocenters. The number of nitro benzene ring substituents is 1. The molecule has 0 radical (unpaired) electrons. The van der Waals surface area contributed by atoms with Crippen LogP contribution >= 0.6 is 22.7 Å². The van der Waals surface area contributed by atoms with Crippen molar-refractivity contribution in [2.75, 3.05) is 18.4 Å². The van der Waals surface area contributed by atoms with Gasteiger partial charge < -0.3 is 10.6 Å². The standard InChI is InChI=1S/C11H12N4S.C8H6N2O2S/c1-7-4-8(15-11-12-2-3-13-11)5-9-10(7)16-6-14-9;1-5-2-6(10(11)12)3-7-8(5)13-4-9-7/h4-6H,2-3H2,1H3,(H2,12,13,15);2-4H,1H3. The van der Waals surface area contributed by atoms with Gasteiger partial charge in [-0.3, -0.25) is 15.1 Å². The van der Waals surface area contributed by atoms with E-state index in [9.17, 15) is 10.1 Å². The van der Waals surface area contributed by atoms with Crippen LogP contribution in [0.5, 0.6) is 0 Å². The zero-order valence-corrected chi connectivity index (χ0v) is 17.4. The lowest BCUT2D eigenvalue weighted by Gasteiger charge is -2.07. The van der Waals surface area contributed by atoms with E-state index in [4.69, 9.17) is 0 Å². The third-order valence-corrected chi connectivity index (χ3v) is 6.32. The fraction of sp³-hybridized carbons (Fsp3) is 0.211. The zero-order valence-electron chi connectivity index (χ0n) is 15.8. The summed E-state index contributed by atoms with van der Waals surface area (Å²) >= 11 is 3.18. The van der Waals surface area contributed by atoms with Crippen LogP contribution in [-0.4, -0.2) is 33.9 Å². The number of nitrogens with zero attached hydrogens (tertiary/aromatic N) is 4. The van der Waals surface area contributed by atoms with Gasteiger partial charge in [0.1, 0.15) is 0 Å². The summed E-state index contributed by atoms with van der Waals surface area (Å²) in [6, 6.07) is 7.25. The van der Waals surface area contributed by atoms with E-state index in [1.807, 2.05) is 12.4 Å². The van der Waals surface area contributed by atoms with Gasteiger partial charge in [-0.15, -0.1) is 22.7 Å². The number of aryl methyl sites for hydroxylation is 2. The number of benzene rings is 2. The summed E-state index contributed by atoms with van der Waals surface area (Å²) in [6.07, 6.45) is 0. The number of nitro groups is 1. The number of thiazole rings is 2. The summed E-state index contributed by atoms with van der Waals surface area (Å²) in [5.41, 5.74) is 8.64. The van der Waals surface area contributed by atoms with E-state index in [1.54, 1.807) is 22.9 Å². The van der Waals surface area contributed by atoms with Gasteiger partial charge in [0, 0.05) is 24.4 Å². The minimum Gasteiger partial charge on any atom is -0.354 e. The van der Waals surface area contributed by atoms with Crippen LogP contribution in [-0.2, 0) is 0 Å². The van der Waals surface area contributed by atoms with E-state index in [0.717, 1.165) is 40.5 Å². The Balaban J connectivity index is 0.000000145. The molecule has 5 rings (SSSR count). The molecule has 8 nitrogen and oxygen atoms in total. The van der Waals surface area contributed by atoms with Gasteiger partial charge in [-0.1, -0.05) is 0 Å². The predicted octanol–water partition coefficient (Wildman–Crippen LogP) is 4.49. The Morgan fingerprint density at radius 2 is 1.69 bits per heavy atom. The van der Waals surface area contributed by atoms with Crippen molar-refractivity contribution in [2.45, 2.75) is 13.8 Å². The second kappa shape index (κ2) is 8.10. The normalized spacial score (nSPS) is 13.0. The Morgan fingerprint density at radius 3 is 2.31 bits per heavy atom. The van der Waals surface area contributed by atoms with Crippen molar-refractivity contribution >= 4 is 60.4 Å². The van der Waals surface area contributed by atoms with Crippen molar-refractivity contribution in [3.63, 3.8) is 0 Å². The maximum absolute atomic E-state index is 10.5. The van der Waals surface area contributed by atoms with Gasteiger partial charge in [0.2, 0.25) is 0 Å². The van der Waals surface area contributed by atoms with Crippen molar-refractivity contribution in [1.29, 1.82) is 0 Å². The minimum absolute atomic E-state index is 0.107. The summed E-state index contributed by atoms with van der Waals surface area (Å²) in [5, 5.41) is 17.0. The lowest BCUT2D eigenvalue weighted by molar-refractivity contribution is -0.384. The molecule has 10 heteroatoms. The van der Waals surface area contributed by atoms with Crippen LogP contribution in [0.4, 0.5) is 11.4 Å². The molecule has 0 aliphatic carbocycles. The minimum atomic E-state index is -0.397. The van der Waals surface area contributed by atoms with Crippen molar-refractivity contribution < 1.29 is 4.92 Å². The molecule has 3 heterocycles. The Bertz CT molecular complexity index is 1230. The molecule has 148 valence electrons. The van der Waals surface area contributed by atoms with Crippen LogP contribution in [0, 0.1) is 24.0 Å². The van der Waals surface area contributed by atoms with Gasteiger partial charge >= 0.3 is 0 Å². The molecule has 2 aromatic carbocycles. The summed E-state index contributed by atoms with van der Waals surface area (Å²) in [5.74, 6) is 0.856. The van der Waals surface area contributed by atoms with Crippen molar-refractivity contribution in [1.82, 2.24) is 15.3 Å². The monoisotopic (exact) mass is 426 g/mol. The Morgan fingerprint density at radius 1 is 1.03 bits per heavy atom. The smallest absolute Gasteiger partial charge is 0.271 e. The topological polar surface area (TPSA) is 105 Å². The summed E-state index contributed by atoms with van der Waals surface area (Å²) in [7, 11) is 0. The molecule has 1 aliphatic heterocycles. The maximum Gasteiger partial charge on any atom is 0.271 e. The van der Waals surface area contributed by atoms with Gasteiger partial charge in [-0.25, -0.2) is 9.97 Å². The number of hydrogen-bond donors (Lipinski definition) is 2. The number of non-ortho nitro benzene ring substituents is 1. The Hall–Kier alpha value is -3.11. The second-order valence-corrected chi connectivity index (χ2v) is 8.21. The first-order chi connectivity index (χ1) is 14.0. The number of guanidine groups is 1. The van der Waals surface area contributed by atoms with E-state index in [1.165, 1.54) is 27.7 Å². The van der Waals surface area contributed by atoms with Gasteiger partial charge in [0.15, 0.2) is 5.96 Å². The lowest BCUT2D eigenvalue weighted by atomic mass is 10.2. The van der Waals surface area contributed by atoms with Crippen molar-refractivity contribution in [2.24, 2.45) is 4.99 Å². The molecule has 1 aliphatic rings. The largest absolute Gasteiger partial charge is 0.354 e. The zero-order chi connectivity index (χ0) is 20.4. The Kier molecular flexibility index (Phi) is 5.36. The lowest BCUT2D eigenvalue weighted by Crippen LogP contribution is -2.26. The quantitative estimate of drug-likeness (QED) is 0.361. The van der Waals surface area contributed by atoms with Crippen LogP contribution in [0.1, 0.15) is 11.1 Å². The highest BCUT2D eigenvalue weighted by Crippen LogP contribution is 2.27. The molecule has 2 aromatic heterocycles. The number of rotatable bonds is 2. The van der Waals surface area contributed by atoms with Crippen LogP contribution in [0.15, 0.2) is 40.3 Å². The Labute approximate surface area is 174 Å². The number of aliphatic imine (C=N–C) groups is 1. The van der Waals surface area contributed by atoms with E-state index in [0.29, 0.717) is 5.52 Å². The molecular formula is C19H18N6O2S2. The molecule has 0 spiro atoms. The van der Waals surface area contributed by atoms with Crippen LogP contribution in [0.3, 0.4) is 0 Å². The number of fused-ring (bicyclic) bond motifs is 2. The van der Waals surface area contributed by atoms with Gasteiger partial charge in [-0.2, -0.15) is 0 Å². The van der Waals surface area contributed by atoms with Crippen LogP contribution < -0.4 is 10.6 Å². The number of aromatic nitrogens is 2. The molecule has 0 bridgehead atoms. The molecule has 0 saturated carbocycles. The molecule has 29 heavy (non-hydrogen) atoms. The van der Waals surface area contributed by atoms with E-state index >= 15 is 0 Å². The van der Waals surface area contributed by atoms with E-state index < -0.39 is 4.92 Å². The average Bonchev–Trinajstić information content (AvgIpc) is 3.43. The van der Waals surface area contributed by atoms with Gasteiger partial charge in [0.05, 0.1) is 42.9 Å². The number of hydrogen-bond acceptors (Lipinski definition) is 9. The van der Waals surface area contributed by atoms with Crippen molar-refractivity contribution in [3.8, 4) is 0 Å². The second-order valence-electron chi connectivity index (χ2n) is 6.50. The van der Waals surface area contributed by atoms with E-state index in [2.05, 4.69) is 44.7 Å². The van der Waals surface area contributed by atoms with Crippen LogP contribution in [0.25, 0.3) is 20.4 Å². The fourth-order valence-corrected chi connectivity index (χ4v) is 4.56. The molecule has 0 unspecified atom stereocenters. The van der Waals surface area contributed by atoms with Crippen molar-refractivity contribution in [3.05, 3.63) is 56.5 Å². The number of nitrogens with one attached hydrogen (secondary N) is 2. The van der Waals surface area contributed by atoms with E-state index in [-0.39, 0.29) is 5.69 Å². The SMILES string of the molecule is Cc1cc(NC2=NCCN2)cc2ncsc12.Cc1cc([N+](=O)[O-])cc2ncsc12. The highest BCUT2D eigenvalue weighted by molar-refractivity contribution is 7.17. The molecule has 0 amide bonds. The van der Waals surface area contributed by atoms with Crippen LogP contribution in [0.2, 0.25) is 0 Å². The van der Waals surface area contributed by atoms with Gasteiger partial charge in [0.25, 0.3) is 5.69 Å². The number of anilines is 1. The summed E-state index contributed by atoms with van der Waals surface area (Å²) in [6.45, 7) is 5.73. The van der Waals surface area contributed by atoms with Gasteiger partial charge in [-0.05, 0) is 37.1 Å². The average molecular weight is 427 g/mol. The fourth-order valence-electron chi connectivity index (χ4n) is 3.06. The first kappa shape index (κ1) is 19.2. The predicted molar refractivity (Wildman–Crippen MR) is 119 cm³/mol. The molecule has 0 fully saturated rings.